The Morgan fingerprint density at radius 1 is 1.00 bits per heavy atom. The molecule has 33 heavy (non-hydrogen) atoms. The van der Waals surface area contributed by atoms with Gasteiger partial charge in [-0.2, -0.15) is 0 Å². The zero-order valence-electron chi connectivity index (χ0n) is 19.0. The van der Waals surface area contributed by atoms with Gasteiger partial charge in [0.15, 0.2) is 5.96 Å². The SMILES string of the molecule is I.c1ccc(CCNC(=NCCc2ccco2)NC2CCN(Cc3ccccn3)CC2)cc1. The molecule has 0 amide bonds. The lowest BCUT2D eigenvalue weighted by Gasteiger charge is -2.33. The van der Waals surface area contributed by atoms with E-state index in [4.69, 9.17) is 9.41 Å². The summed E-state index contributed by atoms with van der Waals surface area (Å²) in [5, 5.41) is 7.20. The number of hydrogen-bond acceptors (Lipinski definition) is 4. The first-order valence-corrected chi connectivity index (χ1v) is 11.6. The van der Waals surface area contributed by atoms with Gasteiger partial charge in [-0.1, -0.05) is 36.4 Å². The fourth-order valence-corrected chi connectivity index (χ4v) is 4.00. The maximum Gasteiger partial charge on any atom is 0.191 e. The normalized spacial score (nSPS) is 15.1. The molecule has 0 spiro atoms. The lowest BCUT2D eigenvalue weighted by Crippen LogP contribution is -2.49. The van der Waals surface area contributed by atoms with E-state index in [1.54, 1.807) is 6.26 Å². The van der Waals surface area contributed by atoms with Crippen molar-refractivity contribution in [2.75, 3.05) is 26.2 Å². The van der Waals surface area contributed by atoms with E-state index >= 15 is 0 Å². The van der Waals surface area contributed by atoms with Crippen LogP contribution in [0, 0.1) is 0 Å². The van der Waals surface area contributed by atoms with Crippen LogP contribution in [-0.2, 0) is 19.4 Å². The average molecular weight is 559 g/mol. The van der Waals surface area contributed by atoms with Crippen LogP contribution in [0.25, 0.3) is 0 Å². The Labute approximate surface area is 213 Å². The first-order valence-electron chi connectivity index (χ1n) is 11.6. The number of guanidine groups is 1. The fraction of sp³-hybridized carbons (Fsp3) is 0.385. The van der Waals surface area contributed by atoms with Crippen LogP contribution in [0.5, 0.6) is 0 Å². The van der Waals surface area contributed by atoms with Gasteiger partial charge < -0.3 is 15.1 Å². The molecule has 1 fully saturated rings. The van der Waals surface area contributed by atoms with Gasteiger partial charge in [0.05, 0.1) is 12.0 Å². The maximum absolute atomic E-state index is 5.44. The number of nitrogens with zero attached hydrogens (tertiary/aromatic N) is 3. The molecule has 0 unspecified atom stereocenters. The van der Waals surface area contributed by atoms with E-state index in [1.165, 1.54) is 5.56 Å². The minimum absolute atomic E-state index is 0. The lowest BCUT2D eigenvalue weighted by molar-refractivity contribution is 0.196. The van der Waals surface area contributed by atoms with Crippen LogP contribution in [0.15, 0.2) is 82.5 Å². The first-order chi connectivity index (χ1) is 15.8. The third-order valence-corrected chi connectivity index (χ3v) is 5.80. The van der Waals surface area contributed by atoms with Crippen LogP contribution >= 0.6 is 24.0 Å². The molecule has 0 aliphatic carbocycles. The van der Waals surface area contributed by atoms with E-state index in [1.807, 2.05) is 24.4 Å². The predicted octanol–water partition coefficient (Wildman–Crippen LogP) is 4.28. The van der Waals surface area contributed by atoms with E-state index in [0.717, 1.165) is 69.3 Å². The van der Waals surface area contributed by atoms with Crippen molar-refractivity contribution in [3.63, 3.8) is 0 Å². The number of furan rings is 1. The summed E-state index contributed by atoms with van der Waals surface area (Å²) in [5.74, 6) is 1.87. The van der Waals surface area contributed by atoms with Crippen molar-refractivity contribution in [1.82, 2.24) is 20.5 Å². The van der Waals surface area contributed by atoms with Crippen LogP contribution in [0.2, 0.25) is 0 Å². The predicted molar refractivity (Wildman–Crippen MR) is 144 cm³/mol. The van der Waals surface area contributed by atoms with Crippen LogP contribution in [-0.4, -0.2) is 48.1 Å². The highest BCUT2D eigenvalue weighted by atomic mass is 127. The zero-order chi connectivity index (χ0) is 21.8. The molecule has 3 heterocycles. The van der Waals surface area contributed by atoms with Crippen molar-refractivity contribution in [3.8, 4) is 0 Å². The molecule has 1 saturated heterocycles. The number of aromatic nitrogens is 1. The Morgan fingerprint density at radius 3 is 2.55 bits per heavy atom. The number of piperidine rings is 1. The second-order valence-corrected chi connectivity index (χ2v) is 8.24. The number of aliphatic imine (C=N–C) groups is 1. The van der Waals surface area contributed by atoms with E-state index in [0.29, 0.717) is 12.6 Å². The molecule has 3 aromatic rings. The summed E-state index contributed by atoms with van der Waals surface area (Å²) in [6.07, 6.45) is 7.57. The average Bonchev–Trinajstić information content (AvgIpc) is 3.35. The molecule has 4 rings (SSSR count). The first kappa shape index (κ1) is 25.2. The van der Waals surface area contributed by atoms with E-state index in [9.17, 15) is 0 Å². The Balaban J connectivity index is 0.00000306. The quantitative estimate of drug-likeness (QED) is 0.233. The molecular weight excluding hydrogens is 525 g/mol. The molecule has 0 saturated carbocycles. The number of halogens is 1. The number of benzene rings is 1. The Bertz CT molecular complexity index is 926. The standard InChI is InChI=1S/C26H33N5O.HI/c1-2-7-22(8-3-1)11-16-28-26(29-17-12-25-10-6-20-32-25)30-23-13-18-31(19-14-23)21-24-9-4-5-15-27-24;/h1-10,15,20,23H,11-14,16-19,21H2,(H2,28,29,30);1H. The second kappa shape index (κ2) is 14.0. The highest BCUT2D eigenvalue weighted by molar-refractivity contribution is 14.0. The summed E-state index contributed by atoms with van der Waals surface area (Å²) in [7, 11) is 0. The molecule has 2 N–H and O–H groups in total. The summed E-state index contributed by atoms with van der Waals surface area (Å²) >= 11 is 0. The molecular formula is C26H34IN5O. The zero-order valence-corrected chi connectivity index (χ0v) is 21.4. The van der Waals surface area contributed by atoms with Gasteiger partial charge in [0, 0.05) is 51.4 Å². The summed E-state index contributed by atoms with van der Waals surface area (Å²) in [6.45, 7) is 4.62. The summed E-state index contributed by atoms with van der Waals surface area (Å²) in [6, 6.07) is 21.1. The summed E-state index contributed by atoms with van der Waals surface area (Å²) < 4.78 is 5.44. The monoisotopic (exact) mass is 559 g/mol. The molecule has 0 atom stereocenters. The van der Waals surface area contributed by atoms with Gasteiger partial charge in [0.1, 0.15) is 5.76 Å². The van der Waals surface area contributed by atoms with E-state index in [-0.39, 0.29) is 24.0 Å². The third kappa shape index (κ3) is 8.81. The molecule has 6 nitrogen and oxygen atoms in total. The van der Waals surface area contributed by atoms with Gasteiger partial charge in [0.2, 0.25) is 0 Å². The molecule has 1 aromatic carbocycles. The van der Waals surface area contributed by atoms with Crippen molar-refractivity contribution >= 4 is 29.9 Å². The fourth-order valence-electron chi connectivity index (χ4n) is 4.00. The van der Waals surface area contributed by atoms with Crippen LogP contribution in [0.3, 0.4) is 0 Å². The minimum atomic E-state index is 0. The molecule has 2 aromatic heterocycles. The van der Waals surface area contributed by atoms with Crippen molar-refractivity contribution in [2.45, 2.75) is 38.3 Å². The Kier molecular flexibility index (Phi) is 10.7. The van der Waals surface area contributed by atoms with Gasteiger partial charge in [-0.15, -0.1) is 24.0 Å². The molecule has 1 aliphatic rings. The summed E-state index contributed by atoms with van der Waals surface area (Å²) in [4.78, 5) is 11.8. The van der Waals surface area contributed by atoms with E-state index in [2.05, 4.69) is 63.0 Å². The smallest absolute Gasteiger partial charge is 0.191 e. The van der Waals surface area contributed by atoms with Gasteiger partial charge in [0.25, 0.3) is 0 Å². The molecule has 176 valence electrons. The highest BCUT2D eigenvalue weighted by Crippen LogP contribution is 2.13. The van der Waals surface area contributed by atoms with Gasteiger partial charge in [-0.3, -0.25) is 14.9 Å². The van der Waals surface area contributed by atoms with E-state index < -0.39 is 0 Å². The summed E-state index contributed by atoms with van der Waals surface area (Å²) in [5.41, 5.74) is 2.47. The highest BCUT2D eigenvalue weighted by Gasteiger charge is 2.20. The van der Waals surface area contributed by atoms with Gasteiger partial charge in [-0.25, -0.2) is 0 Å². The number of rotatable bonds is 9. The number of pyridine rings is 1. The lowest BCUT2D eigenvalue weighted by atomic mass is 10.0. The second-order valence-electron chi connectivity index (χ2n) is 8.24. The Morgan fingerprint density at radius 2 is 1.82 bits per heavy atom. The number of nitrogens with one attached hydrogen (secondary N) is 2. The van der Waals surface area contributed by atoms with Crippen LogP contribution < -0.4 is 10.6 Å². The number of likely N-dealkylation sites (tertiary alicyclic amines) is 1. The molecule has 1 aliphatic heterocycles. The number of hydrogen-bond donors (Lipinski definition) is 2. The molecule has 7 heteroatoms. The maximum atomic E-state index is 5.44. The van der Waals surface area contributed by atoms with Crippen LogP contribution in [0.4, 0.5) is 0 Å². The topological polar surface area (TPSA) is 65.7 Å². The van der Waals surface area contributed by atoms with Crippen molar-refractivity contribution in [3.05, 3.63) is 90.1 Å². The van der Waals surface area contributed by atoms with Crippen molar-refractivity contribution < 1.29 is 4.42 Å². The van der Waals surface area contributed by atoms with Gasteiger partial charge >= 0.3 is 0 Å². The van der Waals surface area contributed by atoms with Gasteiger partial charge in [-0.05, 0) is 49.1 Å². The van der Waals surface area contributed by atoms with Crippen molar-refractivity contribution in [2.24, 2.45) is 4.99 Å². The molecule has 0 radical (unpaired) electrons. The largest absolute Gasteiger partial charge is 0.469 e. The Hall–Kier alpha value is -2.39. The molecule has 0 bridgehead atoms. The third-order valence-electron chi connectivity index (χ3n) is 5.80. The minimum Gasteiger partial charge on any atom is -0.469 e. The van der Waals surface area contributed by atoms with Crippen LogP contribution in [0.1, 0.15) is 29.9 Å². The van der Waals surface area contributed by atoms with Crippen molar-refractivity contribution in [1.29, 1.82) is 0 Å².